The van der Waals surface area contributed by atoms with Crippen LogP contribution < -0.4 is 10.4 Å². The first-order valence-electron chi connectivity index (χ1n) is 6.92. The second-order valence-electron chi connectivity index (χ2n) is 4.99. The predicted octanol–water partition coefficient (Wildman–Crippen LogP) is 2.39. The van der Waals surface area contributed by atoms with E-state index in [9.17, 15) is 27.9 Å². The van der Waals surface area contributed by atoms with Crippen LogP contribution in [0, 0.1) is 49.4 Å². The first-order chi connectivity index (χ1) is 11.8. The summed E-state index contributed by atoms with van der Waals surface area (Å²) in [5.74, 6) is -3.20. The summed E-state index contributed by atoms with van der Waals surface area (Å²) >= 11 is 0. The second-order valence-corrected chi connectivity index (χ2v) is 4.99. The zero-order valence-corrected chi connectivity index (χ0v) is 16.1. The van der Waals surface area contributed by atoms with Crippen molar-refractivity contribution in [1.82, 2.24) is 0 Å². The van der Waals surface area contributed by atoms with Gasteiger partial charge in [0.25, 0.3) is 5.78 Å². The van der Waals surface area contributed by atoms with Gasteiger partial charge in [-0.3, -0.25) is 4.79 Å². The van der Waals surface area contributed by atoms with Gasteiger partial charge >= 0.3 is 11.8 Å². The maximum absolute atomic E-state index is 12.6. The summed E-state index contributed by atoms with van der Waals surface area (Å²) in [6.45, 7) is 0. The molecule has 1 radical (unpaired) electrons. The number of carbonyl (C=O) groups is 1. The molecule has 0 fully saturated rings. The topological polar surface area (TPSA) is 140 Å². The summed E-state index contributed by atoms with van der Waals surface area (Å²) in [7, 11) is 0. The smallest absolute Gasteiger partial charge is 0.455 e. The molecule has 28 heavy (non-hydrogen) atoms. The van der Waals surface area contributed by atoms with Gasteiger partial charge in [-0.2, -0.15) is 13.2 Å². The molecule has 151 valence electrons. The fourth-order valence-electron chi connectivity index (χ4n) is 2.22. The number of Topliss-reactive ketones (excluding diaryl/α,β-unsaturated/α-hetero) is 1. The Morgan fingerprint density at radius 2 is 1.61 bits per heavy atom. The molecular weight excluding hydrogens is 525 g/mol. The normalized spacial score (nSPS) is 10.2. The molecule has 11 heteroatoms. The van der Waals surface area contributed by atoms with Crippen LogP contribution in [0.25, 0.3) is 11.0 Å². The number of carbonyl (C=O) groups excluding carboxylic acids is 1. The SMILES string of the molecule is O.O.O=C(c1c(O)c2cccc(Oc3ccccc3)c2oc1=O)C(F)(F)F.[Eu]. The standard InChI is InChI=1S/C17H9F3O5.Eu.2H2O/c18-17(19,20)15(22)12-13(21)10-7-4-8-11(14(10)25-16(12)23)24-9-5-2-1-3-6-9;;;/h1-8,21H;;2*1H2. The molecule has 0 aliphatic carbocycles. The molecule has 7 nitrogen and oxygen atoms in total. The maximum atomic E-state index is 12.6. The average molecular weight is 538 g/mol. The maximum Gasteiger partial charge on any atom is 0.455 e. The fourth-order valence-corrected chi connectivity index (χ4v) is 2.22. The first-order valence-corrected chi connectivity index (χ1v) is 6.92. The number of para-hydroxylation sites is 2. The molecule has 0 bridgehead atoms. The van der Waals surface area contributed by atoms with Crippen molar-refractivity contribution in [3.8, 4) is 17.2 Å². The molecule has 1 aromatic heterocycles. The molecule has 0 aliphatic heterocycles. The number of fused-ring (bicyclic) bond motifs is 1. The summed E-state index contributed by atoms with van der Waals surface area (Å²) in [6.07, 6.45) is -5.32. The first kappa shape index (κ1) is 26.2. The number of hydrogen-bond donors (Lipinski definition) is 1. The molecule has 0 saturated heterocycles. The van der Waals surface area contributed by atoms with E-state index in [1.165, 1.54) is 18.2 Å². The van der Waals surface area contributed by atoms with Crippen LogP contribution in [0.5, 0.6) is 17.2 Å². The minimum Gasteiger partial charge on any atom is -0.506 e. The largest absolute Gasteiger partial charge is 0.506 e. The summed E-state index contributed by atoms with van der Waals surface area (Å²) < 4.78 is 48.1. The van der Waals surface area contributed by atoms with Crippen LogP contribution in [0.15, 0.2) is 57.7 Å². The Bertz CT molecular complexity index is 1020. The van der Waals surface area contributed by atoms with Crippen molar-refractivity contribution in [2.45, 2.75) is 6.18 Å². The molecule has 0 spiro atoms. The van der Waals surface area contributed by atoms with Crippen molar-refractivity contribution >= 4 is 16.8 Å². The molecule has 0 unspecified atom stereocenters. The zero-order chi connectivity index (χ0) is 18.2. The van der Waals surface area contributed by atoms with E-state index in [1.54, 1.807) is 30.3 Å². The number of ether oxygens (including phenoxy) is 1. The van der Waals surface area contributed by atoms with Gasteiger partial charge in [0, 0.05) is 49.4 Å². The number of hydrogen-bond acceptors (Lipinski definition) is 5. The summed E-state index contributed by atoms with van der Waals surface area (Å²) in [4.78, 5) is 23.2. The minimum atomic E-state index is -5.32. The van der Waals surface area contributed by atoms with E-state index < -0.39 is 28.9 Å². The Labute approximate surface area is 195 Å². The fraction of sp³-hybridized carbons (Fsp3) is 0.0588. The zero-order valence-electron chi connectivity index (χ0n) is 13.7. The average Bonchev–Trinajstić information content (AvgIpc) is 2.56. The molecule has 0 saturated carbocycles. The Kier molecular flexibility index (Phi) is 9.48. The van der Waals surface area contributed by atoms with E-state index in [1.807, 2.05) is 0 Å². The van der Waals surface area contributed by atoms with Crippen LogP contribution in [-0.4, -0.2) is 28.0 Å². The summed E-state index contributed by atoms with van der Waals surface area (Å²) in [5, 5.41) is 9.77. The molecular formula is C17H13EuF3O7. The van der Waals surface area contributed by atoms with E-state index in [-0.39, 0.29) is 77.0 Å². The van der Waals surface area contributed by atoms with E-state index >= 15 is 0 Å². The number of halogens is 3. The van der Waals surface area contributed by atoms with E-state index in [0.717, 1.165) is 0 Å². The van der Waals surface area contributed by atoms with Gasteiger partial charge in [0.1, 0.15) is 11.5 Å². The molecule has 3 aromatic rings. The second kappa shape index (κ2) is 10.1. The monoisotopic (exact) mass is 539 g/mol. The van der Waals surface area contributed by atoms with Crippen LogP contribution in [0.1, 0.15) is 10.4 Å². The minimum absolute atomic E-state index is 0. The van der Waals surface area contributed by atoms with Crippen molar-refractivity contribution in [2.24, 2.45) is 0 Å². The summed E-state index contributed by atoms with van der Waals surface area (Å²) in [5.41, 5.74) is -3.33. The van der Waals surface area contributed by atoms with Crippen molar-refractivity contribution in [1.29, 1.82) is 0 Å². The van der Waals surface area contributed by atoms with Gasteiger partial charge < -0.3 is 25.2 Å². The third kappa shape index (κ3) is 5.18. The molecule has 0 atom stereocenters. The number of ketones is 1. The van der Waals surface area contributed by atoms with E-state index in [2.05, 4.69) is 0 Å². The van der Waals surface area contributed by atoms with E-state index in [4.69, 9.17) is 9.15 Å². The summed E-state index contributed by atoms with van der Waals surface area (Å²) in [6, 6.07) is 12.3. The van der Waals surface area contributed by atoms with Gasteiger partial charge in [-0.1, -0.05) is 24.3 Å². The van der Waals surface area contributed by atoms with Crippen LogP contribution in [0.3, 0.4) is 0 Å². The van der Waals surface area contributed by atoms with Crippen molar-refractivity contribution in [3.63, 3.8) is 0 Å². The predicted molar refractivity (Wildman–Crippen MR) is 88.3 cm³/mol. The number of alkyl halides is 3. The van der Waals surface area contributed by atoms with Gasteiger partial charge in [0.2, 0.25) is 0 Å². The Hall–Kier alpha value is -1.79. The number of benzene rings is 2. The Morgan fingerprint density at radius 3 is 2.18 bits per heavy atom. The third-order valence-electron chi connectivity index (χ3n) is 3.33. The van der Waals surface area contributed by atoms with Gasteiger partial charge in [0.05, 0.1) is 5.39 Å². The Balaban J connectivity index is 0.00000243. The molecule has 0 amide bonds. The van der Waals surface area contributed by atoms with Crippen LogP contribution in [0.4, 0.5) is 13.2 Å². The van der Waals surface area contributed by atoms with Gasteiger partial charge in [-0.25, -0.2) is 4.79 Å². The van der Waals surface area contributed by atoms with Crippen LogP contribution >= 0.6 is 0 Å². The van der Waals surface area contributed by atoms with Crippen LogP contribution in [-0.2, 0) is 0 Å². The number of aromatic hydroxyl groups is 1. The van der Waals surface area contributed by atoms with Gasteiger partial charge in [0.15, 0.2) is 16.9 Å². The van der Waals surface area contributed by atoms with Gasteiger partial charge in [-0.15, -0.1) is 0 Å². The van der Waals surface area contributed by atoms with Gasteiger partial charge in [-0.05, 0) is 24.3 Å². The number of rotatable bonds is 3. The van der Waals surface area contributed by atoms with Crippen molar-refractivity contribution in [2.75, 3.05) is 0 Å². The van der Waals surface area contributed by atoms with Crippen LogP contribution in [0.2, 0.25) is 0 Å². The Morgan fingerprint density at radius 1 is 1.00 bits per heavy atom. The molecule has 0 aliphatic rings. The van der Waals surface area contributed by atoms with E-state index in [0.29, 0.717) is 5.75 Å². The molecule has 2 aromatic carbocycles. The molecule has 5 N–H and O–H groups in total. The van der Waals surface area contributed by atoms with Crippen molar-refractivity contribution in [3.05, 3.63) is 64.5 Å². The molecule has 3 rings (SSSR count). The molecule has 1 heterocycles. The quantitative estimate of drug-likeness (QED) is 0.403. The van der Waals surface area contributed by atoms with Crippen molar-refractivity contribution < 1.29 is 92.6 Å². The third-order valence-corrected chi connectivity index (χ3v) is 3.33.